The molecule has 1 rings (SSSR count). The Balaban J connectivity index is 3.05. The molecule has 2 nitrogen and oxygen atoms in total. The number of hydrogen-bond acceptors (Lipinski definition) is 2. The van der Waals surface area contributed by atoms with Gasteiger partial charge >= 0.3 is 0 Å². The lowest BCUT2D eigenvalue weighted by molar-refractivity contribution is 0.112. The minimum atomic E-state index is 0.0770. The van der Waals surface area contributed by atoms with E-state index in [-0.39, 0.29) is 5.75 Å². The highest BCUT2D eigenvalue weighted by molar-refractivity contribution is 5.81. The SMILES string of the molecule is CC(C)Cc1cccc(O)c1C=O. The van der Waals surface area contributed by atoms with Crippen LogP contribution in [0.3, 0.4) is 0 Å². The van der Waals surface area contributed by atoms with Crippen LogP contribution in [0.15, 0.2) is 18.2 Å². The van der Waals surface area contributed by atoms with E-state index in [0.717, 1.165) is 12.0 Å². The van der Waals surface area contributed by atoms with Gasteiger partial charge in [-0.05, 0) is 24.0 Å². The van der Waals surface area contributed by atoms with Crippen molar-refractivity contribution in [2.24, 2.45) is 5.92 Å². The van der Waals surface area contributed by atoms with Crippen molar-refractivity contribution in [1.82, 2.24) is 0 Å². The van der Waals surface area contributed by atoms with E-state index in [0.29, 0.717) is 17.8 Å². The minimum absolute atomic E-state index is 0.0770. The predicted molar refractivity (Wildman–Crippen MR) is 52.0 cm³/mol. The van der Waals surface area contributed by atoms with Crippen LogP contribution in [-0.2, 0) is 6.42 Å². The summed E-state index contributed by atoms with van der Waals surface area (Å²) in [6.07, 6.45) is 1.54. The van der Waals surface area contributed by atoms with Gasteiger partial charge in [-0.25, -0.2) is 0 Å². The maximum absolute atomic E-state index is 10.7. The third kappa shape index (κ3) is 2.31. The molecule has 0 fully saturated rings. The molecular formula is C11H14O2. The normalized spacial score (nSPS) is 10.4. The summed E-state index contributed by atoms with van der Waals surface area (Å²) in [4.78, 5) is 10.7. The Morgan fingerprint density at radius 3 is 2.69 bits per heavy atom. The molecule has 0 heterocycles. The van der Waals surface area contributed by atoms with Crippen LogP contribution < -0.4 is 0 Å². The van der Waals surface area contributed by atoms with Crippen molar-refractivity contribution in [3.63, 3.8) is 0 Å². The Morgan fingerprint density at radius 1 is 1.46 bits per heavy atom. The monoisotopic (exact) mass is 178 g/mol. The number of carbonyl (C=O) groups excluding carboxylic acids is 1. The minimum Gasteiger partial charge on any atom is -0.507 e. The molecule has 0 aliphatic heterocycles. The van der Waals surface area contributed by atoms with Crippen molar-refractivity contribution < 1.29 is 9.90 Å². The summed E-state index contributed by atoms with van der Waals surface area (Å²) in [6.45, 7) is 4.16. The zero-order valence-electron chi connectivity index (χ0n) is 7.95. The quantitative estimate of drug-likeness (QED) is 0.721. The van der Waals surface area contributed by atoms with E-state index in [1.54, 1.807) is 6.07 Å². The van der Waals surface area contributed by atoms with Gasteiger partial charge in [-0.1, -0.05) is 26.0 Å². The molecular weight excluding hydrogens is 164 g/mol. The van der Waals surface area contributed by atoms with Crippen LogP contribution in [0.4, 0.5) is 0 Å². The van der Waals surface area contributed by atoms with Gasteiger partial charge in [0, 0.05) is 0 Å². The number of phenolic OH excluding ortho intramolecular Hbond substituents is 1. The Morgan fingerprint density at radius 2 is 2.15 bits per heavy atom. The molecule has 0 spiro atoms. The maximum atomic E-state index is 10.7. The summed E-state index contributed by atoms with van der Waals surface area (Å²) in [5.41, 5.74) is 1.35. The van der Waals surface area contributed by atoms with Gasteiger partial charge in [-0.2, -0.15) is 0 Å². The van der Waals surface area contributed by atoms with E-state index in [4.69, 9.17) is 0 Å². The third-order valence-electron chi connectivity index (χ3n) is 1.92. The Hall–Kier alpha value is -1.31. The van der Waals surface area contributed by atoms with Crippen molar-refractivity contribution in [2.75, 3.05) is 0 Å². The Labute approximate surface area is 78.2 Å². The average molecular weight is 178 g/mol. The molecule has 0 unspecified atom stereocenters. The van der Waals surface area contributed by atoms with Crippen LogP contribution in [0.2, 0.25) is 0 Å². The predicted octanol–water partition coefficient (Wildman–Crippen LogP) is 2.40. The topological polar surface area (TPSA) is 37.3 Å². The summed E-state index contributed by atoms with van der Waals surface area (Å²) >= 11 is 0. The van der Waals surface area contributed by atoms with E-state index in [1.807, 2.05) is 6.07 Å². The van der Waals surface area contributed by atoms with Gasteiger partial charge in [0.1, 0.15) is 5.75 Å². The molecule has 13 heavy (non-hydrogen) atoms. The summed E-state index contributed by atoms with van der Waals surface area (Å²) in [5.74, 6) is 0.564. The van der Waals surface area contributed by atoms with E-state index in [1.165, 1.54) is 6.07 Å². The number of carbonyl (C=O) groups is 1. The van der Waals surface area contributed by atoms with Crippen molar-refractivity contribution >= 4 is 6.29 Å². The standard InChI is InChI=1S/C11H14O2/c1-8(2)6-9-4-3-5-11(13)10(9)7-12/h3-5,7-8,13H,6H2,1-2H3. The fourth-order valence-electron chi connectivity index (χ4n) is 1.35. The van der Waals surface area contributed by atoms with E-state index >= 15 is 0 Å². The summed E-state index contributed by atoms with van der Waals surface area (Å²) in [7, 11) is 0. The average Bonchev–Trinajstić information content (AvgIpc) is 2.03. The summed E-state index contributed by atoms with van der Waals surface area (Å²) in [5, 5.41) is 9.37. The highest BCUT2D eigenvalue weighted by Crippen LogP contribution is 2.21. The second kappa shape index (κ2) is 4.08. The van der Waals surface area contributed by atoms with E-state index in [9.17, 15) is 9.90 Å². The van der Waals surface area contributed by atoms with Crippen molar-refractivity contribution in [2.45, 2.75) is 20.3 Å². The van der Waals surface area contributed by atoms with Crippen LogP contribution >= 0.6 is 0 Å². The lowest BCUT2D eigenvalue weighted by Crippen LogP contribution is -1.98. The second-order valence-corrected chi connectivity index (χ2v) is 3.57. The summed E-state index contributed by atoms with van der Waals surface area (Å²) in [6, 6.07) is 5.18. The van der Waals surface area contributed by atoms with Crippen molar-refractivity contribution in [3.05, 3.63) is 29.3 Å². The van der Waals surface area contributed by atoms with Gasteiger partial charge in [0.15, 0.2) is 6.29 Å². The second-order valence-electron chi connectivity index (χ2n) is 3.57. The van der Waals surface area contributed by atoms with Crippen LogP contribution in [0.25, 0.3) is 0 Å². The van der Waals surface area contributed by atoms with Crippen LogP contribution in [0.5, 0.6) is 5.75 Å². The molecule has 1 N–H and O–H groups in total. The summed E-state index contributed by atoms with van der Waals surface area (Å²) < 4.78 is 0. The molecule has 0 amide bonds. The first-order valence-corrected chi connectivity index (χ1v) is 4.41. The Bertz CT molecular complexity index is 303. The van der Waals surface area contributed by atoms with E-state index < -0.39 is 0 Å². The molecule has 1 aromatic carbocycles. The highest BCUT2D eigenvalue weighted by Gasteiger charge is 2.07. The van der Waals surface area contributed by atoms with Gasteiger partial charge in [0.05, 0.1) is 5.56 Å². The first-order valence-electron chi connectivity index (χ1n) is 4.41. The fraction of sp³-hybridized carbons (Fsp3) is 0.364. The third-order valence-corrected chi connectivity index (χ3v) is 1.92. The first-order chi connectivity index (χ1) is 6.15. The van der Waals surface area contributed by atoms with Crippen LogP contribution in [0.1, 0.15) is 29.8 Å². The molecule has 0 saturated carbocycles. The molecule has 0 atom stereocenters. The van der Waals surface area contributed by atoms with Gasteiger partial charge in [-0.15, -0.1) is 0 Å². The van der Waals surface area contributed by atoms with Gasteiger partial charge in [-0.3, -0.25) is 4.79 Å². The maximum Gasteiger partial charge on any atom is 0.154 e. The Kier molecular flexibility index (Phi) is 3.07. The fourth-order valence-corrected chi connectivity index (χ4v) is 1.35. The lowest BCUT2D eigenvalue weighted by atomic mass is 9.98. The highest BCUT2D eigenvalue weighted by atomic mass is 16.3. The first kappa shape index (κ1) is 9.78. The number of hydrogen-bond donors (Lipinski definition) is 1. The number of benzene rings is 1. The van der Waals surface area contributed by atoms with Crippen molar-refractivity contribution in [1.29, 1.82) is 0 Å². The molecule has 0 aliphatic rings. The zero-order chi connectivity index (χ0) is 9.84. The molecule has 1 aromatic rings. The van der Waals surface area contributed by atoms with Gasteiger partial charge < -0.3 is 5.11 Å². The number of rotatable bonds is 3. The largest absolute Gasteiger partial charge is 0.507 e. The molecule has 0 radical (unpaired) electrons. The number of aldehydes is 1. The molecule has 70 valence electrons. The molecule has 2 heteroatoms. The van der Waals surface area contributed by atoms with Gasteiger partial charge in [0.25, 0.3) is 0 Å². The molecule has 0 saturated heterocycles. The molecule has 0 bridgehead atoms. The van der Waals surface area contributed by atoms with Crippen molar-refractivity contribution in [3.8, 4) is 5.75 Å². The lowest BCUT2D eigenvalue weighted by Gasteiger charge is -2.08. The molecule has 0 aliphatic carbocycles. The van der Waals surface area contributed by atoms with Crippen LogP contribution in [-0.4, -0.2) is 11.4 Å². The van der Waals surface area contributed by atoms with Gasteiger partial charge in [0.2, 0.25) is 0 Å². The zero-order valence-corrected chi connectivity index (χ0v) is 7.95. The number of phenols is 1. The van der Waals surface area contributed by atoms with E-state index in [2.05, 4.69) is 13.8 Å². The van der Waals surface area contributed by atoms with Crippen LogP contribution in [0, 0.1) is 5.92 Å². The molecule has 0 aromatic heterocycles. The smallest absolute Gasteiger partial charge is 0.154 e. The number of aromatic hydroxyl groups is 1.